The van der Waals surface area contributed by atoms with E-state index in [1.807, 2.05) is 24.3 Å². The van der Waals surface area contributed by atoms with E-state index in [1.165, 1.54) is 12.8 Å². The third-order valence-corrected chi connectivity index (χ3v) is 2.53. The average molecular weight is 222 g/mol. The molecule has 3 heteroatoms. The van der Waals surface area contributed by atoms with Crippen LogP contribution >= 0.6 is 0 Å². The summed E-state index contributed by atoms with van der Waals surface area (Å²) in [5.41, 5.74) is 12.1. The highest BCUT2D eigenvalue weighted by atomic mass is 16.5. The van der Waals surface area contributed by atoms with E-state index in [0.717, 1.165) is 37.3 Å². The monoisotopic (exact) mass is 222 g/mol. The zero-order chi connectivity index (χ0) is 11.6. The van der Waals surface area contributed by atoms with Crippen LogP contribution in [0.15, 0.2) is 24.3 Å². The minimum Gasteiger partial charge on any atom is -0.494 e. The Morgan fingerprint density at radius 2 is 1.56 bits per heavy atom. The first-order chi connectivity index (χ1) is 7.86. The van der Waals surface area contributed by atoms with Gasteiger partial charge in [0.25, 0.3) is 0 Å². The van der Waals surface area contributed by atoms with Crippen LogP contribution in [0, 0.1) is 0 Å². The number of nitrogens with two attached hydrogens (primary N) is 2. The van der Waals surface area contributed by atoms with E-state index in [4.69, 9.17) is 16.2 Å². The van der Waals surface area contributed by atoms with Crippen molar-refractivity contribution in [3.63, 3.8) is 0 Å². The Hall–Kier alpha value is -1.06. The Bertz CT molecular complexity index is 272. The van der Waals surface area contributed by atoms with E-state index in [0.29, 0.717) is 6.54 Å². The molecule has 0 aliphatic rings. The maximum Gasteiger partial charge on any atom is 0.119 e. The SMILES string of the molecule is NCCCCCCOc1ccc(CN)cc1. The van der Waals surface area contributed by atoms with Crippen molar-refractivity contribution in [3.05, 3.63) is 29.8 Å². The van der Waals surface area contributed by atoms with Crippen LogP contribution in [-0.2, 0) is 6.54 Å². The standard InChI is InChI=1S/C13H22N2O/c14-9-3-1-2-4-10-16-13-7-5-12(11-15)6-8-13/h5-8H,1-4,9-11,14-15H2. The summed E-state index contributed by atoms with van der Waals surface area (Å²) in [7, 11) is 0. The number of rotatable bonds is 8. The molecule has 4 N–H and O–H groups in total. The third kappa shape index (κ3) is 5.14. The summed E-state index contributed by atoms with van der Waals surface area (Å²) < 4.78 is 5.61. The van der Waals surface area contributed by atoms with Gasteiger partial charge in [-0.1, -0.05) is 25.0 Å². The molecule has 1 aromatic carbocycles. The van der Waals surface area contributed by atoms with Crippen molar-refractivity contribution in [1.29, 1.82) is 0 Å². The lowest BCUT2D eigenvalue weighted by molar-refractivity contribution is 0.305. The first-order valence-electron chi connectivity index (χ1n) is 5.98. The molecule has 0 amide bonds. The maximum atomic E-state index is 5.61. The van der Waals surface area contributed by atoms with Gasteiger partial charge in [-0.25, -0.2) is 0 Å². The number of hydrogen-bond donors (Lipinski definition) is 2. The summed E-state index contributed by atoms with van der Waals surface area (Å²) in [6.07, 6.45) is 4.61. The number of ether oxygens (including phenoxy) is 1. The Morgan fingerprint density at radius 1 is 0.875 bits per heavy atom. The highest BCUT2D eigenvalue weighted by Crippen LogP contribution is 2.12. The zero-order valence-electron chi connectivity index (χ0n) is 9.82. The van der Waals surface area contributed by atoms with Crippen molar-refractivity contribution in [2.24, 2.45) is 11.5 Å². The van der Waals surface area contributed by atoms with Crippen molar-refractivity contribution in [3.8, 4) is 5.75 Å². The topological polar surface area (TPSA) is 61.3 Å². The predicted molar refractivity (Wildman–Crippen MR) is 67.4 cm³/mol. The highest BCUT2D eigenvalue weighted by Gasteiger charge is 1.94. The first kappa shape index (κ1) is 13.0. The maximum absolute atomic E-state index is 5.61. The Balaban J connectivity index is 2.12. The smallest absolute Gasteiger partial charge is 0.119 e. The molecule has 0 saturated heterocycles. The van der Waals surface area contributed by atoms with E-state index in [9.17, 15) is 0 Å². The predicted octanol–water partition coefficient (Wildman–Crippen LogP) is 2.04. The van der Waals surface area contributed by atoms with Crippen molar-refractivity contribution >= 4 is 0 Å². The molecule has 1 aromatic rings. The lowest BCUT2D eigenvalue weighted by Gasteiger charge is -2.06. The van der Waals surface area contributed by atoms with E-state index in [1.54, 1.807) is 0 Å². The highest BCUT2D eigenvalue weighted by molar-refractivity contribution is 5.26. The molecule has 0 saturated carbocycles. The van der Waals surface area contributed by atoms with Gasteiger partial charge < -0.3 is 16.2 Å². The molecule has 0 aromatic heterocycles. The first-order valence-corrected chi connectivity index (χ1v) is 5.98. The molecule has 0 aliphatic carbocycles. The summed E-state index contributed by atoms with van der Waals surface area (Å²) in [5.74, 6) is 0.927. The van der Waals surface area contributed by atoms with Crippen LogP contribution in [0.3, 0.4) is 0 Å². The van der Waals surface area contributed by atoms with Crippen molar-refractivity contribution in [2.45, 2.75) is 32.2 Å². The van der Waals surface area contributed by atoms with Gasteiger partial charge in [-0.15, -0.1) is 0 Å². The summed E-state index contributed by atoms with van der Waals surface area (Å²) in [5, 5.41) is 0. The van der Waals surface area contributed by atoms with Crippen molar-refractivity contribution in [2.75, 3.05) is 13.2 Å². The van der Waals surface area contributed by atoms with Gasteiger partial charge in [0.15, 0.2) is 0 Å². The molecule has 0 unspecified atom stereocenters. The molecule has 16 heavy (non-hydrogen) atoms. The molecule has 3 nitrogen and oxygen atoms in total. The number of hydrogen-bond acceptors (Lipinski definition) is 3. The summed E-state index contributed by atoms with van der Waals surface area (Å²) in [4.78, 5) is 0. The molecule has 0 bridgehead atoms. The molecule has 0 heterocycles. The summed E-state index contributed by atoms with van der Waals surface area (Å²) in [6, 6.07) is 7.96. The van der Waals surface area contributed by atoms with Crippen LogP contribution < -0.4 is 16.2 Å². The quantitative estimate of drug-likeness (QED) is 0.662. The largest absolute Gasteiger partial charge is 0.494 e. The van der Waals surface area contributed by atoms with Gasteiger partial charge >= 0.3 is 0 Å². The summed E-state index contributed by atoms with van der Waals surface area (Å²) >= 11 is 0. The molecule has 0 spiro atoms. The van der Waals surface area contributed by atoms with Crippen LogP contribution in [0.5, 0.6) is 5.75 Å². The minimum absolute atomic E-state index is 0.583. The van der Waals surface area contributed by atoms with Crippen LogP contribution in [0.1, 0.15) is 31.2 Å². The van der Waals surface area contributed by atoms with Gasteiger partial charge in [-0.05, 0) is 37.1 Å². The lowest BCUT2D eigenvalue weighted by Crippen LogP contribution is -2.01. The lowest BCUT2D eigenvalue weighted by atomic mass is 10.2. The second-order valence-corrected chi connectivity index (χ2v) is 3.90. The van der Waals surface area contributed by atoms with Crippen LogP contribution in [0.4, 0.5) is 0 Å². The normalized spacial score (nSPS) is 10.4. The van der Waals surface area contributed by atoms with Gasteiger partial charge in [-0.3, -0.25) is 0 Å². The van der Waals surface area contributed by atoms with Crippen LogP contribution in [0.2, 0.25) is 0 Å². The molecule has 0 fully saturated rings. The molecule has 1 rings (SSSR count). The Kier molecular flexibility index (Phi) is 6.61. The van der Waals surface area contributed by atoms with Crippen molar-refractivity contribution in [1.82, 2.24) is 0 Å². The fourth-order valence-corrected chi connectivity index (χ4v) is 1.51. The van der Waals surface area contributed by atoms with Crippen LogP contribution in [-0.4, -0.2) is 13.2 Å². The molecule has 0 radical (unpaired) electrons. The Morgan fingerprint density at radius 3 is 2.19 bits per heavy atom. The van der Waals surface area contributed by atoms with E-state index in [-0.39, 0.29) is 0 Å². The Labute approximate surface area is 97.8 Å². The van der Waals surface area contributed by atoms with E-state index in [2.05, 4.69) is 0 Å². The average Bonchev–Trinajstić information content (AvgIpc) is 2.34. The zero-order valence-corrected chi connectivity index (χ0v) is 9.82. The van der Waals surface area contributed by atoms with Crippen molar-refractivity contribution < 1.29 is 4.74 Å². The molecule has 0 atom stereocenters. The van der Waals surface area contributed by atoms with Gasteiger partial charge in [0.2, 0.25) is 0 Å². The number of unbranched alkanes of at least 4 members (excludes halogenated alkanes) is 3. The molecular formula is C13H22N2O. The van der Waals surface area contributed by atoms with Gasteiger partial charge in [0.1, 0.15) is 5.75 Å². The van der Waals surface area contributed by atoms with E-state index >= 15 is 0 Å². The minimum atomic E-state index is 0.583. The summed E-state index contributed by atoms with van der Waals surface area (Å²) in [6.45, 7) is 2.16. The molecule has 90 valence electrons. The van der Waals surface area contributed by atoms with Gasteiger partial charge in [0, 0.05) is 6.54 Å². The fraction of sp³-hybridized carbons (Fsp3) is 0.538. The second-order valence-electron chi connectivity index (χ2n) is 3.90. The fourth-order valence-electron chi connectivity index (χ4n) is 1.51. The third-order valence-electron chi connectivity index (χ3n) is 2.53. The van der Waals surface area contributed by atoms with Gasteiger partial charge in [-0.2, -0.15) is 0 Å². The molecule has 0 aliphatic heterocycles. The van der Waals surface area contributed by atoms with Crippen LogP contribution in [0.25, 0.3) is 0 Å². The van der Waals surface area contributed by atoms with Gasteiger partial charge in [0.05, 0.1) is 6.61 Å². The number of benzene rings is 1. The van der Waals surface area contributed by atoms with E-state index < -0.39 is 0 Å². The molecular weight excluding hydrogens is 200 g/mol. The second kappa shape index (κ2) is 8.13.